The van der Waals surface area contributed by atoms with Crippen LogP contribution in [0.15, 0.2) is 54.3 Å². The second-order valence-corrected chi connectivity index (χ2v) is 5.52. The fourth-order valence-corrected chi connectivity index (χ4v) is 2.69. The highest BCUT2D eigenvalue weighted by molar-refractivity contribution is 5.77. The molecule has 0 radical (unpaired) electrons. The third kappa shape index (κ3) is 4.10. The Hall–Kier alpha value is -2.89. The van der Waals surface area contributed by atoms with Gasteiger partial charge in [0.25, 0.3) is 0 Å². The second-order valence-electron chi connectivity index (χ2n) is 5.52. The predicted octanol–water partition coefficient (Wildman–Crippen LogP) is 2.25. The molecule has 1 aliphatic carbocycles. The standard InChI is InChI=1S/C18H18O6/c1-12(19)23-15-8-9-18(24-13(2)20,16(10-15)17(21)22)11-14-6-4-3-5-7-14/h3-10,16H,11H2,1-2H3,(H,21,22). The van der Waals surface area contributed by atoms with Crippen LogP contribution in [-0.4, -0.2) is 28.6 Å². The number of carboxylic acid groups (broad SMARTS) is 1. The first-order chi connectivity index (χ1) is 11.3. The number of esters is 2. The van der Waals surface area contributed by atoms with Crippen molar-refractivity contribution in [1.82, 2.24) is 0 Å². The topological polar surface area (TPSA) is 89.9 Å². The van der Waals surface area contributed by atoms with Gasteiger partial charge in [-0.3, -0.25) is 14.4 Å². The van der Waals surface area contributed by atoms with Gasteiger partial charge in [-0.05, 0) is 23.8 Å². The normalized spacial score (nSPS) is 22.4. The Kier molecular flexibility index (Phi) is 5.18. The summed E-state index contributed by atoms with van der Waals surface area (Å²) in [4.78, 5) is 34.4. The smallest absolute Gasteiger partial charge is 0.314 e. The third-order valence-corrected chi connectivity index (χ3v) is 3.57. The Morgan fingerprint density at radius 2 is 1.79 bits per heavy atom. The van der Waals surface area contributed by atoms with Crippen LogP contribution in [0.2, 0.25) is 0 Å². The summed E-state index contributed by atoms with van der Waals surface area (Å²) in [5.41, 5.74) is -0.568. The number of benzene rings is 1. The molecule has 24 heavy (non-hydrogen) atoms. The molecular formula is C18H18O6. The summed E-state index contributed by atoms with van der Waals surface area (Å²) in [5, 5.41) is 9.61. The van der Waals surface area contributed by atoms with E-state index in [9.17, 15) is 19.5 Å². The second kappa shape index (κ2) is 7.12. The van der Waals surface area contributed by atoms with E-state index >= 15 is 0 Å². The lowest BCUT2D eigenvalue weighted by molar-refractivity contribution is -0.163. The molecule has 2 unspecified atom stereocenters. The zero-order valence-corrected chi connectivity index (χ0v) is 13.4. The fraction of sp³-hybridized carbons (Fsp3) is 0.278. The largest absolute Gasteiger partial charge is 0.481 e. The van der Waals surface area contributed by atoms with Crippen LogP contribution in [0.3, 0.4) is 0 Å². The van der Waals surface area contributed by atoms with Gasteiger partial charge < -0.3 is 14.6 Å². The van der Waals surface area contributed by atoms with E-state index in [1.165, 1.54) is 32.1 Å². The van der Waals surface area contributed by atoms with Crippen LogP contribution in [0.25, 0.3) is 0 Å². The zero-order valence-electron chi connectivity index (χ0n) is 13.4. The van der Waals surface area contributed by atoms with Crippen LogP contribution in [0.4, 0.5) is 0 Å². The van der Waals surface area contributed by atoms with Crippen molar-refractivity contribution in [3.63, 3.8) is 0 Å². The highest BCUT2D eigenvalue weighted by atomic mass is 16.6. The van der Waals surface area contributed by atoms with E-state index in [0.29, 0.717) is 0 Å². The minimum atomic E-state index is -1.39. The van der Waals surface area contributed by atoms with E-state index < -0.39 is 29.4 Å². The van der Waals surface area contributed by atoms with E-state index in [4.69, 9.17) is 9.47 Å². The summed E-state index contributed by atoms with van der Waals surface area (Å²) in [7, 11) is 0. The van der Waals surface area contributed by atoms with E-state index in [1.807, 2.05) is 30.3 Å². The molecule has 6 heteroatoms. The summed E-state index contributed by atoms with van der Waals surface area (Å²) in [6.07, 6.45) is 4.39. The molecule has 2 atom stereocenters. The Balaban J connectivity index is 2.43. The van der Waals surface area contributed by atoms with Gasteiger partial charge in [-0.25, -0.2) is 0 Å². The zero-order chi connectivity index (χ0) is 17.7. The van der Waals surface area contributed by atoms with Gasteiger partial charge in [0.1, 0.15) is 11.7 Å². The lowest BCUT2D eigenvalue weighted by Gasteiger charge is -2.36. The van der Waals surface area contributed by atoms with Gasteiger partial charge in [-0.15, -0.1) is 0 Å². The molecule has 1 aromatic rings. The van der Waals surface area contributed by atoms with Crippen molar-refractivity contribution in [1.29, 1.82) is 0 Å². The van der Waals surface area contributed by atoms with Gasteiger partial charge in [-0.1, -0.05) is 30.3 Å². The minimum absolute atomic E-state index is 0.116. The highest BCUT2D eigenvalue weighted by Gasteiger charge is 2.45. The van der Waals surface area contributed by atoms with Gasteiger partial charge in [-0.2, -0.15) is 0 Å². The molecule has 1 N–H and O–H groups in total. The number of rotatable bonds is 5. The summed E-state index contributed by atoms with van der Waals surface area (Å²) < 4.78 is 10.4. The Morgan fingerprint density at radius 3 is 2.33 bits per heavy atom. The summed E-state index contributed by atoms with van der Waals surface area (Å²) in [6, 6.07) is 9.12. The summed E-state index contributed by atoms with van der Waals surface area (Å²) in [6.45, 7) is 2.45. The van der Waals surface area contributed by atoms with Gasteiger partial charge in [0.05, 0.1) is 0 Å². The van der Waals surface area contributed by atoms with Crippen molar-refractivity contribution in [2.75, 3.05) is 0 Å². The lowest BCUT2D eigenvalue weighted by Crippen LogP contribution is -2.47. The molecule has 0 saturated heterocycles. The van der Waals surface area contributed by atoms with E-state index in [0.717, 1.165) is 5.56 Å². The predicted molar refractivity (Wildman–Crippen MR) is 84.8 cm³/mol. The maximum atomic E-state index is 11.8. The van der Waals surface area contributed by atoms with Crippen molar-refractivity contribution in [2.45, 2.75) is 25.9 Å². The summed E-state index contributed by atoms with van der Waals surface area (Å²) in [5.74, 6) is -3.39. The number of ether oxygens (including phenoxy) is 2. The minimum Gasteiger partial charge on any atom is -0.481 e. The molecule has 0 bridgehead atoms. The van der Waals surface area contributed by atoms with E-state index in [1.54, 1.807) is 0 Å². The average molecular weight is 330 g/mol. The highest BCUT2D eigenvalue weighted by Crippen LogP contribution is 2.35. The van der Waals surface area contributed by atoms with Gasteiger partial charge in [0.2, 0.25) is 0 Å². The number of hydrogen-bond acceptors (Lipinski definition) is 5. The number of carboxylic acids is 1. The molecule has 1 aromatic carbocycles. The number of aliphatic carboxylic acids is 1. The van der Waals surface area contributed by atoms with Crippen LogP contribution in [0.5, 0.6) is 0 Å². The quantitative estimate of drug-likeness (QED) is 0.833. The first-order valence-corrected chi connectivity index (χ1v) is 7.38. The molecule has 0 amide bonds. The first-order valence-electron chi connectivity index (χ1n) is 7.38. The maximum absolute atomic E-state index is 11.8. The van der Waals surface area contributed by atoms with Crippen molar-refractivity contribution in [2.24, 2.45) is 5.92 Å². The molecule has 0 fully saturated rings. The molecule has 0 spiro atoms. The maximum Gasteiger partial charge on any atom is 0.314 e. The average Bonchev–Trinajstić information content (AvgIpc) is 2.49. The summed E-state index contributed by atoms with van der Waals surface area (Å²) >= 11 is 0. The molecule has 6 nitrogen and oxygen atoms in total. The Labute approximate surface area is 139 Å². The molecule has 0 heterocycles. The fourth-order valence-electron chi connectivity index (χ4n) is 2.69. The lowest BCUT2D eigenvalue weighted by atomic mass is 9.78. The number of carbonyl (C=O) groups excluding carboxylic acids is 2. The van der Waals surface area contributed by atoms with Gasteiger partial charge in [0.15, 0.2) is 5.60 Å². The van der Waals surface area contributed by atoms with Gasteiger partial charge >= 0.3 is 17.9 Å². The molecule has 0 aliphatic heterocycles. The van der Waals surface area contributed by atoms with Crippen molar-refractivity contribution < 1.29 is 29.0 Å². The van der Waals surface area contributed by atoms with Crippen LogP contribution < -0.4 is 0 Å². The number of allylic oxidation sites excluding steroid dienone is 1. The molecule has 0 aromatic heterocycles. The van der Waals surface area contributed by atoms with Crippen molar-refractivity contribution in [3.05, 3.63) is 59.9 Å². The molecule has 0 saturated carbocycles. The number of hydrogen-bond donors (Lipinski definition) is 1. The molecule has 126 valence electrons. The Bertz CT molecular complexity index is 703. The van der Waals surface area contributed by atoms with Crippen molar-refractivity contribution >= 4 is 17.9 Å². The number of carbonyl (C=O) groups is 3. The van der Waals surface area contributed by atoms with E-state index in [-0.39, 0.29) is 12.2 Å². The monoisotopic (exact) mass is 330 g/mol. The van der Waals surface area contributed by atoms with Crippen molar-refractivity contribution in [3.8, 4) is 0 Å². The first kappa shape index (κ1) is 17.5. The Morgan fingerprint density at radius 1 is 1.12 bits per heavy atom. The third-order valence-electron chi connectivity index (χ3n) is 3.57. The van der Waals surface area contributed by atoms with Gasteiger partial charge in [0, 0.05) is 20.3 Å². The molecule has 2 rings (SSSR count). The van der Waals surface area contributed by atoms with Crippen LogP contribution in [-0.2, 0) is 30.3 Å². The van der Waals surface area contributed by atoms with Crippen LogP contribution >= 0.6 is 0 Å². The van der Waals surface area contributed by atoms with Crippen LogP contribution in [0.1, 0.15) is 19.4 Å². The molecular weight excluding hydrogens is 312 g/mol. The van der Waals surface area contributed by atoms with Crippen LogP contribution in [0, 0.1) is 5.92 Å². The SMILES string of the molecule is CC(=O)OC1=CC(C(=O)O)C(Cc2ccccc2)(OC(C)=O)C=C1. The molecule has 1 aliphatic rings. The van der Waals surface area contributed by atoms with E-state index in [2.05, 4.69) is 0 Å².